The Bertz CT molecular complexity index is 934. The molecule has 0 aliphatic rings. The summed E-state index contributed by atoms with van der Waals surface area (Å²) in [5, 5.41) is 12.8. The molecule has 0 atom stereocenters. The summed E-state index contributed by atoms with van der Waals surface area (Å²) in [5.74, 6) is -1.12. The second kappa shape index (κ2) is 6.25. The van der Waals surface area contributed by atoms with Crippen molar-refractivity contribution in [2.24, 2.45) is 0 Å². The van der Waals surface area contributed by atoms with Crippen LogP contribution in [0.3, 0.4) is 0 Å². The SMILES string of the molecule is O=C(O)c1ccc(-c2cc(C(F)(F)F)nn2-c2ccccc2Cl)cc1. The second-order valence-corrected chi connectivity index (χ2v) is 5.57. The van der Waals surface area contributed by atoms with E-state index >= 15 is 0 Å². The van der Waals surface area contributed by atoms with Crippen LogP contribution in [0.5, 0.6) is 0 Å². The maximum Gasteiger partial charge on any atom is 0.435 e. The molecule has 0 amide bonds. The molecular weight excluding hydrogens is 357 g/mol. The summed E-state index contributed by atoms with van der Waals surface area (Å²) in [7, 11) is 0. The Morgan fingerprint density at radius 3 is 2.28 bits per heavy atom. The Hall–Kier alpha value is -2.80. The number of carbonyl (C=O) groups is 1. The average Bonchev–Trinajstić information content (AvgIpc) is 3.00. The van der Waals surface area contributed by atoms with Crippen LogP contribution in [0.4, 0.5) is 13.2 Å². The molecule has 1 aromatic heterocycles. The summed E-state index contributed by atoms with van der Waals surface area (Å²) in [5.41, 5.74) is -0.212. The maximum absolute atomic E-state index is 13.1. The predicted molar refractivity (Wildman–Crippen MR) is 86.0 cm³/mol. The molecule has 1 heterocycles. The van der Waals surface area contributed by atoms with Crippen LogP contribution in [-0.4, -0.2) is 20.9 Å². The zero-order valence-electron chi connectivity index (χ0n) is 12.5. The number of carboxylic acid groups (broad SMARTS) is 1. The largest absolute Gasteiger partial charge is 0.478 e. The Kier molecular flexibility index (Phi) is 4.26. The summed E-state index contributed by atoms with van der Waals surface area (Å²) in [6, 6.07) is 12.8. The summed E-state index contributed by atoms with van der Waals surface area (Å²) in [6.45, 7) is 0. The third-order valence-electron chi connectivity index (χ3n) is 3.51. The fraction of sp³-hybridized carbons (Fsp3) is 0.0588. The standard InChI is InChI=1S/C17H10ClF3N2O2/c18-12-3-1-2-4-13(12)23-14(9-15(22-23)17(19,20)21)10-5-7-11(8-6-10)16(24)25/h1-9H,(H,24,25). The van der Waals surface area contributed by atoms with Crippen molar-refractivity contribution >= 4 is 17.6 Å². The van der Waals surface area contributed by atoms with Gasteiger partial charge in [-0.15, -0.1) is 0 Å². The van der Waals surface area contributed by atoms with E-state index in [0.717, 1.165) is 10.7 Å². The summed E-state index contributed by atoms with van der Waals surface area (Å²) in [6.07, 6.45) is -4.62. The number of aromatic nitrogens is 2. The molecule has 8 heteroatoms. The van der Waals surface area contributed by atoms with Gasteiger partial charge in [0.2, 0.25) is 0 Å². The lowest BCUT2D eigenvalue weighted by molar-refractivity contribution is -0.141. The molecule has 3 aromatic rings. The lowest BCUT2D eigenvalue weighted by Crippen LogP contribution is -2.07. The van der Waals surface area contributed by atoms with Gasteiger partial charge in [-0.1, -0.05) is 35.9 Å². The molecule has 0 aliphatic heterocycles. The number of para-hydroxylation sites is 1. The van der Waals surface area contributed by atoms with E-state index in [0.29, 0.717) is 5.56 Å². The number of rotatable bonds is 3. The van der Waals surface area contributed by atoms with Gasteiger partial charge in [0.25, 0.3) is 0 Å². The smallest absolute Gasteiger partial charge is 0.435 e. The van der Waals surface area contributed by atoms with Crippen molar-refractivity contribution in [3.63, 3.8) is 0 Å². The van der Waals surface area contributed by atoms with E-state index in [2.05, 4.69) is 5.10 Å². The highest BCUT2D eigenvalue weighted by Crippen LogP contribution is 2.34. The van der Waals surface area contributed by atoms with Gasteiger partial charge in [-0.3, -0.25) is 0 Å². The van der Waals surface area contributed by atoms with E-state index in [1.54, 1.807) is 24.3 Å². The van der Waals surface area contributed by atoms with Gasteiger partial charge in [0, 0.05) is 5.56 Å². The molecule has 0 spiro atoms. The average molecular weight is 367 g/mol. The number of hydrogen-bond acceptors (Lipinski definition) is 2. The first-order valence-electron chi connectivity index (χ1n) is 7.03. The van der Waals surface area contributed by atoms with E-state index in [4.69, 9.17) is 16.7 Å². The topological polar surface area (TPSA) is 55.1 Å². The highest BCUT2D eigenvalue weighted by Gasteiger charge is 2.35. The van der Waals surface area contributed by atoms with Crippen LogP contribution in [0, 0.1) is 0 Å². The van der Waals surface area contributed by atoms with E-state index in [9.17, 15) is 18.0 Å². The number of hydrogen-bond donors (Lipinski definition) is 1. The van der Waals surface area contributed by atoms with Crippen molar-refractivity contribution in [1.82, 2.24) is 9.78 Å². The lowest BCUT2D eigenvalue weighted by atomic mass is 10.1. The third kappa shape index (κ3) is 3.36. The quantitative estimate of drug-likeness (QED) is 0.716. The first kappa shape index (κ1) is 17.0. The van der Waals surface area contributed by atoms with Gasteiger partial charge in [-0.2, -0.15) is 18.3 Å². The van der Waals surface area contributed by atoms with Crippen LogP contribution >= 0.6 is 11.6 Å². The first-order chi connectivity index (χ1) is 11.8. The summed E-state index contributed by atoms with van der Waals surface area (Å²) in [4.78, 5) is 10.9. The van der Waals surface area contributed by atoms with Crippen molar-refractivity contribution in [3.05, 3.63) is 70.9 Å². The number of halogens is 4. The van der Waals surface area contributed by atoms with Gasteiger partial charge in [0.05, 0.1) is 22.0 Å². The minimum absolute atomic E-state index is 0.0311. The van der Waals surface area contributed by atoms with Gasteiger partial charge in [-0.05, 0) is 30.3 Å². The number of nitrogens with zero attached hydrogens (tertiary/aromatic N) is 2. The number of carboxylic acids is 1. The maximum atomic E-state index is 13.1. The van der Waals surface area contributed by atoms with E-state index in [1.165, 1.54) is 24.3 Å². The molecule has 4 nitrogen and oxygen atoms in total. The molecular formula is C17H10ClF3N2O2. The Morgan fingerprint density at radius 1 is 1.08 bits per heavy atom. The molecule has 0 radical (unpaired) electrons. The van der Waals surface area contributed by atoms with Crippen LogP contribution in [-0.2, 0) is 6.18 Å². The molecule has 0 saturated heterocycles. The third-order valence-corrected chi connectivity index (χ3v) is 3.83. The second-order valence-electron chi connectivity index (χ2n) is 5.16. The number of aromatic carboxylic acids is 1. The Balaban J connectivity index is 2.19. The lowest BCUT2D eigenvalue weighted by Gasteiger charge is -2.09. The normalized spacial score (nSPS) is 11.5. The molecule has 25 heavy (non-hydrogen) atoms. The van der Waals surface area contributed by atoms with Gasteiger partial charge >= 0.3 is 12.1 Å². The molecule has 0 unspecified atom stereocenters. The minimum Gasteiger partial charge on any atom is -0.478 e. The fourth-order valence-electron chi connectivity index (χ4n) is 2.32. The van der Waals surface area contributed by atoms with E-state index in [1.807, 2.05) is 0 Å². The van der Waals surface area contributed by atoms with Crippen LogP contribution in [0.2, 0.25) is 5.02 Å². The van der Waals surface area contributed by atoms with Crippen LogP contribution in [0.25, 0.3) is 16.9 Å². The van der Waals surface area contributed by atoms with Crippen LogP contribution in [0.1, 0.15) is 16.1 Å². The molecule has 0 fully saturated rings. The predicted octanol–water partition coefficient (Wildman–Crippen LogP) is 4.91. The summed E-state index contributed by atoms with van der Waals surface area (Å²) < 4.78 is 40.4. The van der Waals surface area contributed by atoms with Crippen molar-refractivity contribution in [1.29, 1.82) is 0 Å². The zero-order chi connectivity index (χ0) is 18.2. The summed E-state index contributed by atoms with van der Waals surface area (Å²) >= 11 is 6.09. The molecule has 3 rings (SSSR count). The monoisotopic (exact) mass is 366 g/mol. The molecule has 2 aromatic carbocycles. The number of alkyl halides is 3. The zero-order valence-corrected chi connectivity index (χ0v) is 13.2. The molecule has 1 N–H and O–H groups in total. The molecule has 128 valence electrons. The van der Waals surface area contributed by atoms with Crippen LogP contribution in [0.15, 0.2) is 54.6 Å². The molecule has 0 bridgehead atoms. The molecule has 0 aliphatic carbocycles. The van der Waals surface area contributed by atoms with Crippen molar-refractivity contribution < 1.29 is 23.1 Å². The Morgan fingerprint density at radius 2 is 1.72 bits per heavy atom. The van der Waals surface area contributed by atoms with E-state index in [-0.39, 0.29) is 22.0 Å². The molecule has 0 saturated carbocycles. The van der Waals surface area contributed by atoms with Gasteiger partial charge < -0.3 is 5.11 Å². The van der Waals surface area contributed by atoms with Gasteiger partial charge in [-0.25, -0.2) is 9.48 Å². The number of benzene rings is 2. The van der Waals surface area contributed by atoms with Gasteiger partial charge in [0.15, 0.2) is 5.69 Å². The van der Waals surface area contributed by atoms with Crippen molar-refractivity contribution in [2.75, 3.05) is 0 Å². The van der Waals surface area contributed by atoms with Crippen molar-refractivity contribution in [3.8, 4) is 16.9 Å². The fourth-order valence-corrected chi connectivity index (χ4v) is 2.53. The Labute approximate surface area is 145 Å². The highest BCUT2D eigenvalue weighted by molar-refractivity contribution is 6.32. The highest BCUT2D eigenvalue weighted by atomic mass is 35.5. The minimum atomic E-state index is -4.62. The van der Waals surface area contributed by atoms with Gasteiger partial charge in [0.1, 0.15) is 0 Å². The van der Waals surface area contributed by atoms with Crippen LogP contribution < -0.4 is 0 Å². The van der Waals surface area contributed by atoms with E-state index < -0.39 is 17.8 Å². The first-order valence-corrected chi connectivity index (χ1v) is 7.41. The van der Waals surface area contributed by atoms with Crippen molar-refractivity contribution in [2.45, 2.75) is 6.18 Å².